The molecule has 1 heterocycles. The first-order valence-corrected chi connectivity index (χ1v) is 12.7. The standard InChI is InChI=1S/C27H22ClF3N2O2S/c1-35-25-11-15(5-10-21(25)28)19-3-2-4-24-26(19)33(17-8-6-16(29)7-9-17)27(32-24)36-14-20-22(30)12-18(34)13-23(20)31/h5-13,19,34H,2-4,14H2,1H3. The van der Waals surface area contributed by atoms with Gasteiger partial charge in [-0.05, 0) is 61.2 Å². The molecule has 0 saturated heterocycles. The number of nitrogens with zero attached hydrogens (tertiary/aromatic N) is 2. The fraction of sp³-hybridized carbons (Fsp3) is 0.222. The summed E-state index contributed by atoms with van der Waals surface area (Å²) in [5.41, 5.74) is 3.40. The van der Waals surface area contributed by atoms with Crippen molar-refractivity contribution in [2.75, 3.05) is 7.11 Å². The van der Waals surface area contributed by atoms with E-state index in [9.17, 15) is 18.3 Å². The van der Waals surface area contributed by atoms with Crippen molar-refractivity contribution >= 4 is 23.4 Å². The Morgan fingerprint density at radius 2 is 1.81 bits per heavy atom. The number of fused-ring (bicyclic) bond motifs is 1. The zero-order valence-electron chi connectivity index (χ0n) is 19.3. The molecule has 0 spiro atoms. The molecular weight excluding hydrogens is 509 g/mol. The highest BCUT2D eigenvalue weighted by Crippen LogP contribution is 2.42. The monoisotopic (exact) mass is 530 g/mol. The molecule has 0 aliphatic heterocycles. The van der Waals surface area contributed by atoms with E-state index >= 15 is 0 Å². The van der Waals surface area contributed by atoms with Crippen LogP contribution in [0.4, 0.5) is 13.2 Å². The third-order valence-electron chi connectivity index (χ3n) is 6.33. The molecule has 4 nitrogen and oxygen atoms in total. The molecule has 1 N–H and O–H groups in total. The van der Waals surface area contributed by atoms with Gasteiger partial charge in [-0.1, -0.05) is 29.4 Å². The number of methoxy groups -OCH3 is 1. The number of thioether (sulfide) groups is 1. The van der Waals surface area contributed by atoms with Crippen LogP contribution >= 0.6 is 23.4 Å². The largest absolute Gasteiger partial charge is 0.508 e. The van der Waals surface area contributed by atoms with Crippen LogP contribution in [0.1, 0.15) is 41.3 Å². The molecule has 36 heavy (non-hydrogen) atoms. The lowest BCUT2D eigenvalue weighted by Crippen LogP contribution is -2.15. The molecule has 3 aromatic carbocycles. The average Bonchev–Trinajstić information content (AvgIpc) is 3.23. The number of hydrogen-bond acceptors (Lipinski definition) is 4. The van der Waals surface area contributed by atoms with Gasteiger partial charge in [0.05, 0.1) is 23.5 Å². The van der Waals surface area contributed by atoms with Crippen molar-refractivity contribution in [1.29, 1.82) is 0 Å². The van der Waals surface area contributed by atoms with Crippen LogP contribution in [0.25, 0.3) is 5.69 Å². The molecule has 0 radical (unpaired) electrons. The second-order valence-electron chi connectivity index (χ2n) is 8.55. The summed E-state index contributed by atoms with van der Waals surface area (Å²) in [4.78, 5) is 4.86. The second-order valence-corrected chi connectivity index (χ2v) is 9.90. The van der Waals surface area contributed by atoms with Crippen LogP contribution in [0.15, 0.2) is 59.8 Å². The molecule has 5 rings (SSSR count). The van der Waals surface area contributed by atoms with Crippen molar-refractivity contribution in [3.63, 3.8) is 0 Å². The lowest BCUT2D eigenvalue weighted by molar-refractivity contribution is 0.414. The maximum absolute atomic E-state index is 14.4. The van der Waals surface area contributed by atoms with Crippen LogP contribution < -0.4 is 4.74 Å². The van der Waals surface area contributed by atoms with Crippen LogP contribution in [-0.4, -0.2) is 21.8 Å². The number of aromatic nitrogens is 2. The highest BCUT2D eigenvalue weighted by atomic mass is 35.5. The van der Waals surface area contributed by atoms with Crippen molar-refractivity contribution in [3.05, 3.63) is 99.6 Å². The lowest BCUT2D eigenvalue weighted by Gasteiger charge is -2.25. The first-order valence-electron chi connectivity index (χ1n) is 11.4. The van der Waals surface area contributed by atoms with Gasteiger partial charge in [-0.25, -0.2) is 18.2 Å². The molecule has 0 saturated carbocycles. The average molecular weight is 531 g/mol. The molecule has 1 unspecified atom stereocenters. The summed E-state index contributed by atoms with van der Waals surface area (Å²) in [5, 5.41) is 10.5. The fourth-order valence-corrected chi connectivity index (χ4v) is 5.88. The minimum Gasteiger partial charge on any atom is -0.508 e. The van der Waals surface area contributed by atoms with Crippen LogP contribution in [0.2, 0.25) is 5.02 Å². The van der Waals surface area contributed by atoms with Crippen molar-refractivity contribution in [1.82, 2.24) is 9.55 Å². The quantitative estimate of drug-likeness (QED) is 0.263. The number of aromatic hydroxyl groups is 1. The normalized spacial score (nSPS) is 15.1. The molecule has 9 heteroatoms. The number of phenolic OH excluding ortho intramolecular Hbond substituents is 1. The van der Waals surface area contributed by atoms with Crippen molar-refractivity contribution in [2.45, 2.75) is 36.1 Å². The van der Waals surface area contributed by atoms with Gasteiger partial charge >= 0.3 is 0 Å². The van der Waals surface area contributed by atoms with Crippen LogP contribution in [0.3, 0.4) is 0 Å². The van der Waals surface area contributed by atoms with E-state index in [-0.39, 0.29) is 23.1 Å². The Morgan fingerprint density at radius 1 is 1.08 bits per heavy atom. The van der Waals surface area contributed by atoms with Crippen molar-refractivity contribution in [3.8, 4) is 17.2 Å². The second kappa shape index (κ2) is 10.1. The highest BCUT2D eigenvalue weighted by molar-refractivity contribution is 7.98. The van der Waals surface area contributed by atoms with Gasteiger partial charge in [0.1, 0.15) is 29.0 Å². The molecule has 0 amide bonds. The van der Waals surface area contributed by atoms with Gasteiger partial charge in [-0.15, -0.1) is 0 Å². The Morgan fingerprint density at radius 3 is 2.50 bits per heavy atom. The Bertz CT molecular complexity index is 1400. The van der Waals surface area contributed by atoms with E-state index in [0.717, 1.165) is 48.3 Å². The molecular formula is C27H22ClF3N2O2S. The van der Waals surface area contributed by atoms with Crippen molar-refractivity contribution < 1.29 is 23.0 Å². The van der Waals surface area contributed by atoms with Crippen molar-refractivity contribution in [2.24, 2.45) is 0 Å². The number of benzene rings is 3. The van der Waals surface area contributed by atoms with Crippen LogP contribution in [-0.2, 0) is 12.2 Å². The number of aryl methyl sites for hydroxylation is 1. The van der Waals surface area contributed by atoms with E-state index in [2.05, 4.69) is 0 Å². The summed E-state index contributed by atoms with van der Waals surface area (Å²) in [6.45, 7) is 0. The maximum atomic E-state index is 14.4. The van der Waals surface area contributed by atoms with Gasteiger partial charge < -0.3 is 9.84 Å². The maximum Gasteiger partial charge on any atom is 0.173 e. The van der Waals surface area contributed by atoms with Crippen LogP contribution in [0.5, 0.6) is 11.5 Å². The lowest BCUT2D eigenvalue weighted by atomic mass is 9.84. The molecule has 186 valence electrons. The predicted molar refractivity (Wildman–Crippen MR) is 134 cm³/mol. The highest BCUT2D eigenvalue weighted by Gasteiger charge is 2.31. The van der Waals surface area contributed by atoms with E-state index in [4.69, 9.17) is 21.3 Å². The number of phenols is 1. The van der Waals surface area contributed by atoms with Gasteiger partial charge in [0, 0.05) is 35.1 Å². The Hall–Kier alpha value is -3.10. The molecule has 1 aliphatic rings. The van der Waals surface area contributed by atoms with E-state index < -0.39 is 17.4 Å². The van der Waals surface area contributed by atoms with E-state index in [1.165, 1.54) is 23.9 Å². The molecule has 1 aromatic heterocycles. The summed E-state index contributed by atoms with van der Waals surface area (Å²) in [6.07, 6.45) is 2.52. The molecule has 0 fully saturated rings. The van der Waals surface area contributed by atoms with Gasteiger partial charge in [-0.2, -0.15) is 0 Å². The Balaban J connectivity index is 1.61. The predicted octanol–water partition coefficient (Wildman–Crippen LogP) is 7.42. The van der Waals surface area contributed by atoms with Gasteiger partial charge in [0.25, 0.3) is 0 Å². The smallest absolute Gasteiger partial charge is 0.173 e. The van der Waals surface area contributed by atoms with E-state index in [1.807, 2.05) is 16.7 Å². The number of imidazole rings is 1. The minimum atomic E-state index is -0.823. The molecule has 1 atom stereocenters. The zero-order valence-corrected chi connectivity index (χ0v) is 20.8. The summed E-state index contributed by atoms with van der Waals surface area (Å²) < 4.78 is 49.9. The van der Waals surface area contributed by atoms with Gasteiger partial charge in [0.2, 0.25) is 0 Å². The summed E-state index contributed by atoms with van der Waals surface area (Å²) >= 11 is 7.44. The first kappa shape index (κ1) is 24.6. The first-order chi connectivity index (χ1) is 17.4. The van der Waals surface area contributed by atoms with Gasteiger partial charge in [0.15, 0.2) is 5.16 Å². The summed E-state index contributed by atoms with van der Waals surface area (Å²) in [6, 6.07) is 13.5. The topological polar surface area (TPSA) is 47.3 Å². The van der Waals surface area contributed by atoms with E-state index in [1.54, 1.807) is 25.3 Å². The number of halogens is 4. The van der Waals surface area contributed by atoms with E-state index in [0.29, 0.717) is 21.6 Å². The number of rotatable bonds is 6. The van der Waals surface area contributed by atoms with Gasteiger partial charge in [-0.3, -0.25) is 4.57 Å². The molecule has 4 aromatic rings. The molecule has 0 bridgehead atoms. The Kier molecular flexibility index (Phi) is 6.90. The number of hydrogen-bond donors (Lipinski definition) is 1. The fourth-order valence-electron chi connectivity index (χ4n) is 4.62. The Labute approximate surface area is 215 Å². The van der Waals surface area contributed by atoms with Crippen LogP contribution in [0, 0.1) is 17.5 Å². The third kappa shape index (κ3) is 4.67. The summed E-state index contributed by atoms with van der Waals surface area (Å²) in [7, 11) is 1.57. The third-order valence-corrected chi connectivity index (χ3v) is 7.61. The zero-order chi connectivity index (χ0) is 25.4. The molecule has 1 aliphatic carbocycles. The minimum absolute atomic E-state index is 0.0333. The summed E-state index contributed by atoms with van der Waals surface area (Å²) in [5.74, 6) is -1.98. The number of ether oxygens (including phenoxy) is 1. The SMILES string of the molecule is COc1cc(C2CCCc3nc(SCc4c(F)cc(O)cc4F)n(-c4ccc(F)cc4)c32)ccc1Cl.